The molecule has 0 aromatic rings. The van der Waals surface area contributed by atoms with Crippen molar-refractivity contribution in [2.45, 2.75) is 18.9 Å². The van der Waals surface area contributed by atoms with Gasteiger partial charge in [-0.3, -0.25) is 0 Å². The average molecular weight is 223 g/mol. The average Bonchev–Trinajstić information content (AvgIpc) is 2.14. The molecule has 0 aromatic heterocycles. The number of aliphatic hydroxyl groups is 2. The molecule has 0 aliphatic heterocycles. The van der Waals surface area contributed by atoms with Gasteiger partial charge in [0.1, 0.15) is 0 Å². The summed E-state index contributed by atoms with van der Waals surface area (Å²) < 4.78 is 24.9. The van der Waals surface area contributed by atoms with Gasteiger partial charge in [-0.25, -0.2) is 13.1 Å². The molecular formula is C8H17NO4S. The molecule has 0 unspecified atom stereocenters. The van der Waals surface area contributed by atoms with Crippen molar-refractivity contribution in [1.82, 2.24) is 4.72 Å². The molecule has 0 saturated heterocycles. The minimum Gasteiger partial charge on any atom is -0.394 e. The van der Waals surface area contributed by atoms with E-state index >= 15 is 0 Å². The molecule has 0 bridgehead atoms. The van der Waals surface area contributed by atoms with Crippen LogP contribution in [0.15, 0.2) is 12.7 Å². The van der Waals surface area contributed by atoms with Crippen LogP contribution in [0.5, 0.6) is 0 Å². The first-order valence-electron chi connectivity index (χ1n) is 4.29. The fourth-order valence-electron chi connectivity index (χ4n) is 0.937. The molecule has 0 saturated carbocycles. The Bertz CT molecular complexity index is 261. The summed E-state index contributed by atoms with van der Waals surface area (Å²) in [5.41, 5.74) is -1.16. The molecule has 0 aliphatic rings. The zero-order valence-electron chi connectivity index (χ0n) is 8.23. The van der Waals surface area contributed by atoms with Crippen LogP contribution >= 0.6 is 0 Å². The summed E-state index contributed by atoms with van der Waals surface area (Å²) in [4.78, 5) is 0. The lowest BCUT2D eigenvalue weighted by Crippen LogP contribution is -2.54. The molecule has 0 radical (unpaired) electrons. The number of rotatable bonds is 7. The smallest absolute Gasteiger partial charge is 0.215 e. The minimum atomic E-state index is -3.51. The van der Waals surface area contributed by atoms with Gasteiger partial charge in [-0.2, -0.15) is 0 Å². The van der Waals surface area contributed by atoms with Gasteiger partial charge in [0.2, 0.25) is 10.0 Å². The quantitative estimate of drug-likeness (QED) is 0.494. The minimum absolute atomic E-state index is 0.227. The lowest BCUT2D eigenvalue weighted by molar-refractivity contribution is 0.105. The van der Waals surface area contributed by atoms with Gasteiger partial charge in [0, 0.05) is 0 Å². The highest BCUT2D eigenvalue weighted by Gasteiger charge is 2.31. The van der Waals surface area contributed by atoms with Crippen LogP contribution in [0.3, 0.4) is 0 Å². The van der Waals surface area contributed by atoms with Crippen LogP contribution in [0.2, 0.25) is 0 Å². The molecule has 14 heavy (non-hydrogen) atoms. The van der Waals surface area contributed by atoms with Crippen molar-refractivity contribution < 1.29 is 18.6 Å². The molecular weight excluding hydrogens is 206 g/mol. The van der Waals surface area contributed by atoms with Gasteiger partial charge in [0.15, 0.2) is 0 Å². The van der Waals surface area contributed by atoms with Gasteiger partial charge in [0.25, 0.3) is 0 Å². The largest absolute Gasteiger partial charge is 0.394 e. The van der Waals surface area contributed by atoms with Crippen molar-refractivity contribution in [3.63, 3.8) is 0 Å². The summed E-state index contributed by atoms with van der Waals surface area (Å²) in [7, 11) is -3.51. The molecule has 0 heterocycles. The van der Waals surface area contributed by atoms with Crippen LogP contribution in [-0.4, -0.2) is 43.1 Å². The first kappa shape index (κ1) is 13.6. The summed E-state index contributed by atoms with van der Waals surface area (Å²) in [6, 6.07) is 0. The standard InChI is InChI=1S/C8H17NO4S/c1-3-5-14(12,13)9-8(4-2,6-10)7-11/h3,9-11H,1,4-7H2,2H3. The molecule has 0 amide bonds. The summed E-state index contributed by atoms with van der Waals surface area (Å²) in [5, 5.41) is 18.0. The molecule has 84 valence electrons. The summed E-state index contributed by atoms with van der Waals surface area (Å²) in [6.07, 6.45) is 1.56. The number of sulfonamides is 1. The van der Waals surface area contributed by atoms with Gasteiger partial charge in [0.05, 0.1) is 24.5 Å². The highest BCUT2D eigenvalue weighted by atomic mass is 32.2. The number of aliphatic hydroxyl groups excluding tert-OH is 2. The van der Waals surface area contributed by atoms with Crippen molar-refractivity contribution in [3.8, 4) is 0 Å². The molecule has 0 spiro atoms. The third kappa shape index (κ3) is 3.75. The van der Waals surface area contributed by atoms with Crippen molar-refractivity contribution in [1.29, 1.82) is 0 Å². The Morgan fingerprint density at radius 3 is 2.21 bits per heavy atom. The zero-order valence-corrected chi connectivity index (χ0v) is 9.05. The Hall–Kier alpha value is -0.430. The first-order valence-corrected chi connectivity index (χ1v) is 5.95. The van der Waals surface area contributed by atoms with E-state index in [1.165, 1.54) is 6.08 Å². The van der Waals surface area contributed by atoms with Crippen LogP contribution in [0.4, 0.5) is 0 Å². The molecule has 0 atom stereocenters. The van der Waals surface area contributed by atoms with Crippen molar-refractivity contribution >= 4 is 10.0 Å². The lowest BCUT2D eigenvalue weighted by Gasteiger charge is -2.28. The van der Waals surface area contributed by atoms with E-state index in [1.807, 2.05) is 0 Å². The Labute approximate surface area is 84.5 Å². The molecule has 3 N–H and O–H groups in total. The van der Waals surface area contributed by atoms with Crippen molar-refractivity contribution in [2.75, 3.05) is 19.0 Å². The third-order valence-electron chi connectivity index (χ3n) is 1.99. The van der Waals surface area contributed by atoms with E-state index in [0.717, 1.165) is 0 Å². The molecule has 0 rings (SSSR count). The van der Waals surface area contributed by atoms with Crippen LogP contribution in [0.1, 0.15) is 13.3 Å². The topological polar surface area (TPSA) is 86.6 Å². The van der Waals surface area contributed by atoms with E-state index in [1.54, 1.807) is 6.92 Å². The van der Waals surface area contributed by atoms with E-state index in [4.69, 9.17) is 10.2 Å². The Balaban J connectivity index is 4.67. The van der Waals surface area contributed by atoms with E-state index in [0.29, 0.717) is 6.42 Å². The van der Waals surface area contributed by atoms with Gasteiger partial charge < -0.3 is 10.2 Å². The van der Waals surface area contributed by atoms with Crippen molar-refractivity contribution in [2.24, 2.45) is 0 Å². The molecule has 6 heteroatoms. The number of nitrogens with one attached hydrogen (secondary N) is 1. The maximum atomic E-state index is 11.3. The van der Waals surface area contributed by atoms with E-state index in [-0.39, 0.29) is 5.75 Å². The Morgan fingerprint density at radius 2 is 1.93 bits per heavy atom. The van der Waals surface area contributed by atoms with Crippen LogP contribution < -0.4 is 4.72 Å². The lowest BCUT2D eigenvalue weighted by atomic mass is 10.0. The van der Waals surface area contributed by atoms with Crippen molar-refractivity contribution in [3.05, 3.63) is 12.7 Å². The van der Waals surface area contributed by atoms with Gasteiger partial charge in [-0.05, 0) is 6.42 Å². The predicted octanol–water partition coefficient (Wildman–Crippen LogP) is -0.775. The van der Waals surface area contributed by atoms with Crippen LogP contribution in [0.25, 0.3) is 0 Å². The fourth-order valence-corrected chi connectivity index (χ4v) is 2.26. The first-order chi connectivity index (χ1) is 6.45. The zero-order chi connectivity index (χ0) is 11.2. The molecule has 0 aromatic carbocycles. The highest BCUT2D eigenvalue weighted by molar-refractivity contribution is 7.89. The van der Waals surface area contributed by atoms with E-state index in [2.05, 4.69) is 11.3 Å². The molecule has 5 nitrogen and oxygen atoms in total. The highest BCUT2D eigenvalue weighted by Crippen LogP contribution is 2.10. The predicted molar refractivity (Wildman–Crippen MR) is 54.3 cm³/mol. The second-order valence-corrected chi connectivity index (χ2v) is 4.89. The van der Waals surface area contributed by atoms with E-state index in [9.17, 15) is 8.42 Å². The van der Waals surface area contributed by atoms with E-state index < -0.39 is 28.8 Å². The normalized spacial score (nSPS) is 12.8. The maximum Gasteiger partial charge on any atom is 0.215 e. The number of hydrogen-bond acceptors (Lipinski definition) is 4. The Morgan fingerprint density at radius 1 is 1.43 bits per heavy atom. The Kier molecular flexibility index (Phi) is 5.28. The van der Waals surface area contributed by atoms with Crippen LogP contribution in [-0.2, 0) is 10.0 Å². The van der Waals surface area contributed by atoms with Gasteiger partial charge in [-0.15, -0.1) is 6.58 Å². The second kappa shape index (κ2) is 5.45. The summed E-state index contributed by atoms with van der Waals surface area (Å²) in [6.45, 7) is 4.12. The van der Waals surface area contributed by atoms with Gasteiger partial charge >= 0.3 is 0 Å². The second-order valence-electron chi connectivity index (χ2n) is 3.12. The van der Waals surface area contributed by atoms with Crippen LogP contribution in [0, 0.1) is 0 Å². The maximum absolute atomic E-state index is 11.3. The fraction of sp³-hybridized carbons (Fsp3) is 0.750. The SMILES string of the molecule is C=CCS(=O)(=O)NC(CC)(CO)CO. The summed E-state index contributed by atoms with van der Waals surface area (Å²) in [5.74, 6) is -0.227. The summed E-state index contributed by atoms with van der Waals surface area (Å²) >= 11 is 0. The van der Waals surface area contributed by atoms with Gasteiger partial charge in [-0.1, -0.05) is 13.0 Å². The molecule has 0 aliphatic carbocycles. The number of hydrogen-bond donors (Lipinski definition) is 3. The molecule has 0 fully saturated rings. The third-order valence-corrected chi connectivity index (χ3v) is 3.41. The monoisotopic (exact) mass is 223 g/mol.